The first-order chi connectivity index (χ1) is 11.4. The zero-order chi connectivity index (χ0) is 18.1. The van der Waals surface area contributed by atoms with Gasteiger partial charge in [0.15, 0.2) is 0 Å². The SMILES string of the molecule is CCC[CH2][Sn](/[CH]=C(\C)C[C@H]1COC(C)(C)O1)([CH2]CCC)[CH2]CCC. The molecule has 1 heterocycles. The normalized spacial score (nSPS) is 21.4. The van der Waals surface area contributed by atoms with Crippen molar-refractivity contribution in [2.45, 2.75) is 112 Å². The molecule has 1 aliphatic rings. The van der Waals surface area contributed by atoms with E-state index in [0.29, 0.717) is 0 Å². The van der Waals surface area contributed by atoms with Crippen LogP contribution in [0.15, 0.2) is 9.67 Å². The molecule has 1 rings (SSSR count). The predicted octanol–water partition coefficient (Wildman–Crippen LogP) is 6.86. The van der Waals surface area contributed by atoms with E-state index in [1.165, 1.54) is 38.5 Å². The molecule has 0 unspecified atom stereocenters. The summed E-state index contributed by atoms with van der Waals surface area (Å²) in [6, 6.07) is 0. The van der Waals surface area contributed by atoms with Crippen molar-refractivity contribution in [3.05, 3.63) is 9.67 Å². The summed E-state index contributed by atoms with van der Waals surface area (Å²) in [5.41, 5.74) is 1.58. The van der Waals surface area contributed by atoms with Crippen molar-refractivity contribution in [1.29, 1.82) is 0 Å². The Hall–Kier alpha value is 0.459. The Morgan fingerprint density at radius 3 is 1.88 bits per heavy atom. The molecule has 1 aliphatic heterocycles. The molecule has 0 amide bonds. The van der Waals surface area contributed by atoms with Crippen molar-refractivity contribution in [1.82, 2.24) is 0 Å². The predicted molar refractivity (Wildman–Crippen MR) is 108 cm³/mol. The Bertz CT molecular complexity index is 354. The summed E-state index contributed by atoms with van der Waals surface area (Å²) in [4.78, 5) is 0. The first kappa shape index (κ1) is 22.5. The van der Waals surface area contributed by atoms with Crippen molar-refractivity contribution >= 4 is 18.4 Å². The topological polar surface area (TPSA) is 18.5 Å². The molecule has 0 aromatic heterocycles. The monoisotopic (exact) mass is 446 g/mol. The van der Waals surface area contributed by atoms with Gasteiger partial charge >= 0.3 is 156 Å². The zero-order valence-electron chi connectivity index (χ0n) is 17.2. The molecule has 142 valence electrons. The summed E-state index contributed by atoms with van der Waals surface area (Å²) in [6.45, 7) is 14.2. The van der Waals surface area contributed by atoms with Gasteiger partial charge in [-0.1, -0.05) is 0 Å². The van der Waals surface area contributed by atoms with Gasteiger partial charge in [-0.25, -0.2) is 0 Å². The van der Waals surface area contributed by atoms with Gasteiger partial charge in [0.25, 0.3) is 0 Å². The summed E-state index contributed by atoms with van der Waals surface area (Å²) < 4.78 is 19.3. The number of rotatable bonds is 12. The summed E-state index contributed by atoms with van der Waals surface area (Å²) >= 11 is -2.15. The summed E-state index contributed by atoms with van der Waals surface area (Å²) in [6.07, 6.45) is 9.65. The van der Waals surface area contributed by atoms with E-state index in [0.717, 1.165) is 13.0 Å². The number of ether oxygens (including phenoxy) is 2. The second-order valence-electron chi connectivity index (χ2n) is 8.32. The molecular weight excluding hydrogens is 403 g/mol. The van der Waals surface area contributed by atoms with Crippen LogP contribution >= 0.6 is 0 Å². The van der Waals surface area contributed by atoms with E-state index in [1.807, 2.05) is 13.8 Å². The minimum atomic E-state index is -2.15. The van der Waals surface area contributed by atoms with Crippen LogP contribution in [0, 0.1) is 0 Å². The van der Waals surface area contributed by atoms with Crippen LogP contribution in [-0.2, 0) is 9.47 Å². The van der Waals surface area contributed by atoms with E-state index in [9.17, 15) is 0 Å². The Kier molecular flexibility index (Phi) is 10.5. The van der Waals surface area contributed by atoms with Crippen LogP contribution in [0.5, 0.6) is 0 Å². The average Bonchev–Trinajstić information content (AvgIpc) is 2.87. The van der Waals surface area contributed by atoms with Gasteiger partial charge in [-0.15, -0.1) is 0 Å². The zero-order valence-corrected chi connectivity index (χ0v) is 20.1. The van der Waals surface area contributed by atoms with Gasteiger partial charge in [0.2, 0.25) is 0 Å². The Balaban J connectivity index is 2.81. The Labute approximate surface area is 155 Å². The molecule has 1 fully saturated rings. The summed E-state index contributed by atoms with van der Waals surface area (Å²) in [5.74, 6) is -0.391. The molecule has 0 aromatic rings. The Morgan fingerprint density at radius 1 is 1.00 bits per heavy atom. The number of hydrogen-bond acceptors (Lipinski definition) is 2. The van der Waals surface area contributed by atoms with Crippen molar-refractivity contribution in [2.24, 2.45) is 0 Å². The third kappa shape index (κ3) is 8.23. The summed E-state index contributed by atoms with van der Waals surface area (Å²) in [5, 5.41) is 0. The van der Waals surface area contributed by atoms with Gasteiger partial charge in [-0.3, -0.25) is 0 Å². The van der Waals surface area contributed by atoms with E-state index in [-0.39, 0.29) is 6.10 Å². The van der Waals surface area contributed by atoms with Crippen LogP contribution in [0.2, 0.25) is 13.3 Å². The molecule has 0 saturated carbocycles. The van der Waals surface area contributed by atoms with E-state index in [4.69, 9.17) is 9.47 Å². The van der Waals surface area contributed by atoms with Crippen molar-refractivity contribution in [2.75, 3.05) is 6.61 Å². The standard InChI is InChI=1S/C9H15O2.3C4H9.Sn/c1-7(2)5-8-6-10-9(3,4)11-8;3*1-3-4-2;/h1,8H,5-6H2,2-4H3;3*1,3-4H2,2H3;/t8-;;;;/m0..../s1. The quantitative estimate of drug-likeness (QED) is 0.306. The van der Waals surface area contributed by atoms with Gasteiger partial charge in [-0.05, 0) is 0 Å². The van der Waals surface area contributed by atoms with Gasteiger partial charge in [0.05, 0.1) is 0 Å². The minimum absolute atomic E-state index is 0.253. The second kappa shape index (κ2) is 11.2. The van der Waals surface area contributed by atoms with Gasteiger partial charge in [0, 0.05) is 0 Å². The fraction of sp³-hybridized carbons (Fsp3) is 0.905. The van der Waals surface area contributed by atoms with E-state index in [2.05, 4.69) is 31.8 Å². The molecule has 1 atom stereocenters. The molecule has 1 saturated heterocycles. The fourth-order valence-corrected chi connectivity index (χ4v) is 19.7. The van der Waals surface area contributed by atoms with Crippen molar-refractivity contribution in [3.63, 3.8) is 0 Å². The molecule has 0 N–H and O–H groups in total. The molecule has 0 aromatic carbocycles. The maximum atomic E-state index is 6.04. The van der Waals surface area contributed by atoms with E-state index < -0.39 is 24.2 Å². The second-order valence-corrected chi connectivity index (χ2v) is 21.2. The fourth-order valence-electron chi connectivity index (χ4n) is 3.98. The molecule has 0 radical (unpaired) electrons. The first-order valence-corrected chi connectivity index (χ1v) is 18.1. The molecule has 0 spiro atoms. The van der Waals surface area contributed by atoms with Gasteiger partial charge in [0.1, 0.15) is 0 Å². The molecule has 3 heteroatoms. The van der Waals surface area contributed by atoms with E-state index >= 15 is 0 Å². The molecule has 0 aliphatic carbocycles. The third-order valence-corrected chi connectivity index (χ3v) is 20.0. The number of unbranched alkanes of at least 4 members (excludes halogenated alkanes) is 3. The third-order valence-electron chi connectivity index (χ3n) is 5.25. The average molecular weight is 445 g/mol. The first-order valence-electron chi connectivity index (χ1n) is 10.4. The maximum absolute atomic E-state index is 6.04. The summed E-state index contributed by atoms with van der Waals surface area (Å²) in [7, 11) is 0. The molecule has 2 nitrogen and oxygen atoms in total. The Morgan fingerprint density at radius 2 is 1.50 bits per heavy atom. The van der Waals surface area contributed by atoms with E-state index in [1.54, 1.807) is 18.9 Å². The van der Waals surface area contributed by atoms with Crippen LogP contribution in [-0.4, -0.2) is 36.9 Å². The molecule has 24 heavy (non-hydrogen) atoms. The van der Waals surface area contributed by atoms with Crippen LogP contribution < -0.4 is 0 Å². The van der Waals surface area contributed by atoms with Crippen LogP contribution in [0.25, 0.3) is 0 Å². The molecule has 0 bridgehead atoms. The van der Waals surface area contributed by atoms with Gasteiger partial charge in [-0.2, -0.15) is 0 Å². The van der Waals surface area contributed by atoms with Crippen molar-refractivity contribution < 1.29 is 9.47 Å². The van der Waals surface area contributed by atoms with Crippen molar-refractivity contribution in [3.8, 4) is 0 Å². The van der Waals surface area contributed by atoms with Crippen LogP contribution in [0.4, 0.5) is 0 Å². The van der Waals surface area contributed by atoms with Gasteiger partial charge < -0.3 is 0 Å². The van der Waals surface area contributed by atoms with Crippen LogP contribution in [0.3, 0.4) is 0 Å². The molecular formula is C21H42O2Sn. The van der Waals surface area contributed by atoms with Crippen LogP contribution in [0.1, 0.15) is 86.5 Å². The number of hydrogen-bond donors (Lipinski definition) is 0.